The van der Waals surface area contributed by atoms with Gasteiger partial charge in [-0.05, 0) is 59.0 Å². The molecule has 1 N–H and O–H groups in total. The fourth-order valence-corrected chi connectivity index (χ4v) is 4.51. The molecule has 6 nitrogen and oxygen atoms in total. The van der Waals surface area contributed by atoms with Crippen molar-refractivity contribution in [3.63, 3.8) is 0 Å². The van der Waals surface area contributed by atoms with Gasteiger partial charge in [0.15, 0.2) is 0 Å². The minimum Gasteiger partial charge on any atom is -0.496 e. The van der Waals surface area contributed by atoms with Gasteiger partial charge in [0, 0.05) is 42.9 Å². The molecule has 176 valence electrons. The summed E-state index contributed by atoms with van der Waals surface area (Å²) in [5.41, 5.74) is 4.24. The fourth-order valence-electron chi connectivity index (χ4n) is 4.51. The molecule has 0 aliphatic carbocycles. The molecule has 4 rings (SSSR count). The van der Waals surface area contributed by atoms with Crippen LogP contribution in [0.25, 0.3) is 11.1 Å². The maximum absolute atomic E-state index is 14.7. The van der Waals surface area contributed by atoms with Crippen molar-refractivity contribution in [1.29, 1.82) is 0 Å². The first-order valence-electron chi connectivity index (χ1n) is 11.3. The number of amides is 1. The van der Waals surface area contributed by atoms with Crippen LogP contribution in [0, 0.1) is 5.82 Å². The standard InChI is InChI=1S/C27H27FN2O4/c1-17(24-5-3-4-11-29-24)13-26(31)30-12-10-20-22(16-30)19(7-8-23(20)28)21-14-18(15-27(32)33)6-9-25(21)34-2/h3-9,11,14,17H,10,12-13,15-16H2,1-2H3,(H,32,33). The third kappa shape index (κ3) is 4.93. The Hall–Kier alpha value is -3.74. The van der Waals surface area contributed by atoms with Crippen LogP contribution in [0.5, 0.6) is 5.75 Å². The highest BCUT2D eigenvalue weighted by atomic mass is 19.1. The number of aliphatic carboxylic acids is 1. The number of halogens is 1. The second kappa shape index (κ2) is 10.0. The number of hydrogen-bond acceptors (Lipinski definition) is 4. The van der Waals surface area contributed by atoms with Crippen LogP contribution in [-0.2, 0) is 29.0 Å². The van der Waals surface area contributed by atoms with Crippen molar-refractivity contribution in [2.24, 2.45) is 0 Å². The molecule has 0 spiro atoms. The topological polar surface area (TPSA) is 79.7 Å². The number of rotatable bonds is 7. The van der Waals surface area contributed by atoms with Crippen LogP contribution >= 0.6 is 0 Å². The molecule has 2 aromatic carbocycles. The van der Waals surface area contributed by atoms with Gasteiger partial charge in [-0.2, -0.15) is 0 Å². The quantitative estimate of drug-likeness (QED) is 0.555. The zero-order chi connectivity index (χ0) is 24.2. The maximum Gasteiger partial charge on any atom is 0.307 e. The Morgan fingerprint density at radius 3 is 2.68 bits per heavy atom. The number of hydrogen-bond donors (Lipinski definition) is 1. The number of nitrogens with zero attached hydrogens (tertiary/aromatic N) is 2. The van der Waals surface area contributed by atoms with E-state index < -0.39 is 5.97 Å². The molecule has 0 saturated carbocycles. The van der Waals surface area contributed by atoms with Crippen LogP contribution < -0.4 is 4.74 Å². The normalized spacial score (nSPS) is 13.8. The minimum absolute atomic E-state index is 0.00870. The van der Waals surface area contributed by atoms with E-state index in [9.17, 15) is 19.1 Å². The summed E-state index contributed by atoms with van der Waals surface area (Å²) in [6.45, 7) is 2.70. The van der Waals surface area contributed by atoms with E-state index in [1.807, 2.05) is 25.1 Å². The van der Waals surface area contributed by atoms with Crippen molar-refractivity contribution >= 4 is 11.9 Å². The number of pyridine rings is 1. The van der Waals surface area contributed by atoms with Gasteiger partial charge in [-0.25, -0.2) is 4.39 Å². The van der Waals surface area contributed by atoms with Gasteiger partial charge in [0.25, 0.3) is 0 Å². The van der Waals surface area contributed by atoms with Crippen LogP contribution in [0.4, 0.5) is 4.39 Å². The summed E-state index contributed by atoms with van der Waals surface area (Å²) < 4.78 is 20.3. The monoisotopic (exact) mass is 462 g/mol. The van der Waals surface area contributed by atoms with Crippen molar-refractivity contribution < 1.29 is 23.8 Å². The van der Waals surface area contributed by atoms with E-state index in [4.69, 9.17) is 4.74 Å². The Bertz CT molecular complexity index is 1210. The highest BCUT2D eigenvalue weighted by Gasteiger charge is 2.27. The van der Waals surface area contributed by atoms with Gasteiger partial charge < -0.3 is 14.7 Å². The van der Waals surface area contributed by atoms with E-state index in [1.165, 1.54) is 6.07 Å². The highest BCUT2D eigenvalue weighted by molar-refractivity contribution is 5.80. The summed E-state index contributed by atoms with van der Waals surface area (Å²) in [6.07, 6.45) is 2.31. The van der Waals surface area contributed by atoms with Gasteiger partial charge in [-0.15, -0.1) is 0 Å². The molecule has 0 saturated heterocycles. The van der Waals surface area contributed by atoms with Crippen LogP contribution in [0.15, 0.2) is 54.7 Å². The van der Waals surface area contributed by atoms with Gasteiger partial charge >= 0.3 is 5.97 Å². The van der Waals surface area contributed by atoms with Gasteiger partial charge in [-0.1, -0.05) is 25.1 Å². The van der Waals surface area contributed by atoms with Gasteiger partial charge in [-0.3, -0.25) is 14.6 Å². The molecule has 2 heterocycles. The Balaban J connectivity index is 1.65. The summed E-state index contributed by atoms with van der Waals surface area (Å²) in [5, 5.41) is 9.20. The lowest BCUT2D eigenvalue weighted by Crippen LogP contribution is -2.37. The van der Waals surface area contributed by atoms with Gasteiger partial charge in [0.2, 0.25) is 5.91 Å². The molecule has 1 aliphatic heterocycles. The fraction of sp³-hybridized carbons (Fsp3) is 0.296. The molecule has 1 unspecified atom stereocenters. The lowest BCUT2D eigenvalue weighted by Gasteiger charge is -2.32. The summed E-state index contributed by atoms with van der Waals surface area (Å²) in [7, 11) is 1.54. The Morgan fingerprint density at radius 2 is 1.97 bits per heavy atom. The van der Waals surface area contributed by atoms with E-state index in [1.54, 1.807) is 42.5 Å². The van der Waals surface area contributed by atoms with Crippen LogP contribution in [0.2, 0.25) is 0 Å². The smallest absolute Gasteiger partial charge is 0.307 e. The van der Waals surface area contributed by atoms with Gasteiger partial charge in [0.05, 0.1) is 13.5 Å². The number of aromatic nitrogens is 1. The number of fused-ring (bicyclic) bond motifs is 1. The molecule has 0 bridgehead atoms. The molecule has 7 heteroatoms. The third-order valence-corrected chi connectivity index (χ3v) is 6.29. The molecule has 1 aliphatic rings. The van der Waals surface area contributed by atoms with Crippen LogP contribution in [-0.4, -0.2) is 40.5 Å². The number of carboxylic acid groups (broad SMARTS) is 1. The molecule has 0 radical (unpaired) electrons. The molecular formula is C27H27FN2O4. The van der Waals surface area contributed by atoms with Crippen molar-refractivity contribution in [1.82, 2.24) is 9.88 Å². The average molecular weight is 463 g/mol. The second-order valence-electron chi connectivity index (χ2n) is 8.58. The average Bonchev–Trinajstić information content (AvgIpc) is 2.84. The molecule has 1 aromatic heterocycles. The van der Waals surface area contributed by atoms with E-state index in [0.717, 1.165) is 16.8 Å². The first kappa shape index (κ1) is 23.4. The predicted molar refractivity (Wildman–Crippen MR) is 126 cm³/mol. The van der Waals surface area contributed by atoms with E-state index in [0.29, 0.717) is 41.8 Å². The summed E-state index contributed by atoms with van der Waals surface area (Å²) in [4.78, 5) is 30.5. The first-order valence-corrected chi connectivity index (χ1v) is 11.3. The zero-order valence-corrected chi connectivity index (χ0v) is 19.3. The number of methoxy groups -OCH3 is 1. The lowest BCUT2D eigenvalue weighted by molar-refractivity contribution is -0.136. The predicted octanol–water partition coefficient (Wildman–Crippen LogP) is 4.60. The van der Waals surface area contributed by atoms with Crippen LogP contribution in [0.3, 0.4) is 0 Å². The van der Waals surface area contributed by atoms with E-state index >= 15 is 0 Å². The van der Waals surface area contributed by atoms with Crippen LogP contribution in [0.1, 0.15) is 41.6 Å². The third-order valence-electron chi connectivity index (χ3n) is 6.29. The van der Waals surface area contributed by atoms with E-state index in [-0.39, 0.29) is 30.6 Å². The highest BCUT2D eigenvalue weighted by Crippen LogP contribution is 2.38. The van der Waals surface area contributed by atoms with Gasteiger partial charge in [0.1, 0.15) is 11.6 Å². The molecule has 1 atom stereocenters. The van der Waals surface area contributed by atoms with Crippen molar-refractivity contribution in [3.8, 4) is 16.9 Å². The zero-order valence-electron chi connectivity index (χ0n) is 19.3. The Morgan fingerprint density at radius 1 is 1.15 bits per heavy atom. The van der Waals surface area contributed by atoms with E-state index in [2.05, 4.69) is 4.98 Å². The number of carbonyl (C=O) groups is 2. The number of benzene rings is 2. The molecule has 0 fully saturated rings. The van der Waals surface area contributed by atoms with Crippen molar-refractivity contribution in [2.45, 2.75) is 38.6 Å². The van der Waals surface area contributed by atoms with Crippen molar-refractivity contribution in [2.75, 3.05) is 13.7 Å². The summed E-state index contributed by atoms with van der Waals surface area (Å²) in [6, 6.07) is 14.0. The summed E-state index contributed by atoms with van der Waals surface area (Å²) in [5.74, 6) is -0.708. The molecular weight excluding hydrogens is 435 g/mol. The molecule has 34 heavy (non-hydrogen) atoms. The maximum atomic E-state index is 14.7. The molecule has 3 aromatic rings. The van der Waals surface area contributed by atoms with Crippen molar-refractivity contribution in [3.05, 3.63) is 82.9 Å². The Kier molecular flexibility index (Phi) is 6.91. The second-order valence-corrected chi connectivity index (χ2v) is 8.58. The number of carboxylic acids is 1. The lowest BCUT2D eigenvalue weighted by atomic mass is 9.89. The number of ether oxygens (including phenoxy) is 1. The minimum atomic E-state index is -0.934. The Labute approximate surface area is 198 Å². The largest absolute Gasteiger partial charge is 0.496 e. The number of carbonyl (C=O) groups excluding carboxylic acids is 1. The summed E-state index contributed by atoms with van der Waals surface area (Å²) >= 11 is 0. The molecule has 1 amide bonds. The SMILES string of the molecule is COc1ccc(CC(=O)O)cc1-c1ccc(F)c2c1CN(C(=O)CC(C)c1ccccn1)CC2. The first-order chi connectivity index (χ1) is 16.4.